The number of para-hydroxylation sites is 2. The van der Waals surface area contributed by atoms with Crippen molar-refractivity contribution in [3.8, 4) is 11.3 Å². The molecule has 2 N–H and O–H groups in total. The molecule has 1 amide bonds. The van der Waals surface area contributed by atoms with E-state index in [2.05, 4.69) is 25.5 Å². The summed E-state index contributed by atoms with van der Waals surface area (Å²) in [5, 5.41) is 12.9. The number of H-pyrrole nitrogens is 1. The Kier molecular flexibility index (Phi) is 4.49. The molecule has 144 valence electrons. The summed E-state index contributed by atoms with van der Waals surface area (Å²) >= 11 is 2.63. The van der Waals surface area contributed by atoms with Crippen LogP contribution in [0.15, 0.2) is 59.1 Å². The van der Waals surface area contributed by atoms with E-state index < -0.39 is 0 Å². The minimum Gasteiger partial charge on any atom is -0.301 e. The molecule has 0 saturated carbocycles. The molecule has 3 heterocycles. The van der Waals surface area contributed by atoms with Crippen LogP contribution in [0.1, 0.15) is 0 Å². The molecular weight excluding hydrogens is 411 g/mol. The number of halogens is 1. The van der Waals surface area contributed by atoms with Crippen molar-refractivity contribution < 1.29 is 9.18 Å². The number of aromatic amines is 1. The maximum absolute atomic E-state index is 13.1. The zero-order chi connectivity index (χ0) is 19.8. The van der Waals surface area contributed by atoms with Crippen molar-refractivity contribution in [2.45, 2.75) is 5.16 Å². The summed E-state index contributed by atoms with van der Waals surface area (Å²) in [6, 6.07) is 13.8. The van der Waals surface area contributed by atoms with Gasteiger partial charge in [0.1, 0.15) is 5.82 Å². The van der Waals surface area contributed by atoms with Crippen LogP contribution in [0.4, 0.5) is 9.52 Å². The van der Waals surface area contributed by atoms with Gasteiger partial charge in [-0.3, -0.25) is 9.20 Å². The van der Waals surface area contributed by atoms with Crippen molar-refractivity contribution in [3.05, 3.63) is 59.7 Å². The molecule has 0 fully saturated rings. The first-order valence-electron chi connectivity index (χ1n) is 8.63. The first-order valence-corrected chi connectivity index (χ1v) is 10.5. The highest BCUT2D eigenvalue weighted by molar-refractivity contribution is 7.99. The lowest BCUT2D eigenvalue weighted by Crippen LogP contribution is -2.14. The molecule has 3 aromatic heterocycles. The van der Waals surface area contributed by atoms with Gasteiger partial charge in [-0.15, -0.1) is 16.4 Å². The quantitative estimate of drug-likeness (QED) is 0.413. The minimum atomic E-state index is -0.298. The molecule has 0 atom stereocenters. The molecule has 0 spiro atoms. The lowest BCUT2D eigenvalue weighted by Gasteiger charge is -2.01. The third kappa shape index (κ3) is 3.47. The molecule has 2 aromatic carbocycles. The topological polar surface area (TPSA) is 88.0 Å². The number of thiazole rings is 1. The summed E-state index contributed by atoms with van der Waals surface area (Å²) in [5.41, 5.74) is 3.28. The molecule has 29 heavy (non-hydrogen) atoms. The minimum absolute atomic E-state index is 0.178. The van der Waals surface area contributed by atoms with Crippen LogP contribution in [0.3, 0.4) is 0 Å². The van der Waals surface area contributed by atoms with Gasteiger partial charge >= 0.3 is 0 Å². The van der Waals surface area contributed by atoms with E-state index in [0.29, 0.717) is 21.8 Å². The van der Waals surface area contributed by atoms with Crippen LogP contribution in [-0.2, 0) is 4.79 Å². The second kappa shape index (κ2) is 7.30. The van der Waals surface area contributed by atoms with Gasteiger partial charge in [0, 0.05) is 10.9 Å². The maximum Gasteiger partial charge on any atom is 0.236 e. The van der Waals surface area contributed by atoms with Crippen LogP contribution < -0.4 is 5.32 Å². The van der Waals surface area contributed by atoms with Gasteiger partial charge < -0.3 is 5.32 Å². The molecular formula is C19H13FN6OS2. The van der Waals surface area contributed by atoms with Gasteiger partial charge in [-0.1, -0.05) is 23.9 Å². The molecule has 10 heteroatoms. The van der Waals surface area contributed by atoms with Crippen molar-refractivity contribution in [2.24, 2.45) is 0 Å². The van der Waals surface area contributed by atoms with Gasteiger partial charge in [-0.2, -0.15) is 0 Å². The standard InChI is InChI=1S/C19H13FN6OS2/c20-12-7-5-11(6-8-12)14-9-28-18(22-14)23-16(27)10-29-19-25-24-17-21-13-3-1-2-4-15(13)26(17)19/h1-9H,10H2,(H,21,24)(H,22,23,27). The highest BCUT2D eigenvalue weighted by Gasteiger charge is 2.14. The number of carbonyl (C=O) groups is 1. The molecule has 5 rings (SSSR count). The van der Waals surface area contributed by atoms with Crippen LogP contribution >= 0.6 is 23.1 Å². The van der Waals surface area contributed by atoms with Gasteiger partial charge in [0.2, 0.25) is 11.7 Å². The highest BCUT2D eigenvalue weighted by Crippen LogP contribution is 2.26. The number of benzene rings is 2. The van der Waals surface area contributed by atoms with E-state index in [1.165, 1.54) is 35.2 Å². The zero-order valence-corrected chi connectivity index (χ0v) is 16.4. The number of imidazole rings is 1. The summed E-state index contributed by atoms with van der Waals surface area (Å²) in [5.74, 6) is 0.332. The largest absolute Gasteiger partial charge is 0.301 e. The van der Waals surface area contributed by atoms with Crippen LogP contribution in [0, 0.1) is 5.82 Å². The van der Waals surface area contributed by atoms with E-state index in [4.69, 9.17) is 0 Å². The summed E-state index contributed by atoms with van der Waals surface area (Å²) in [4.78, 5) is 21.2. The molecule has 0 aliphatic heterocycles. The molecule has 0 aliphatic rings. The number of anilines is 1. The van der Waals surface area contributed by atoms with E-state index in [1.54, 1.807) is 12.1 Å². The predicted octanol–water partition coefficient (Wildman–Crippen LogP) is 4.20. The number of amides is 1. The van der Waals surface area contributed by atoms with Crippen molar-refractivity contribution in [3.63, 3.8) is 0 Å². The van der Waals surface area contributed by atoms with Crippen LogP contribution in [0.25, 0.3) is 28.1 Å². The fourth-order valence-corrected chi connectivity index (χ4v) is 4.40. The summed E-state index contributed by atoms with van der Waals surface area (Å²) in [6.07, 6.45) is 0. The second-order valence-corrected chi connectivity index (χ2v) is 7.95. The fourth-order valence-electron chi connectivity index (χ4n) is 2.91. The summed E-state index contributed by atoms with van der Waals surface area (Å²) in [6.45, 7) is 0. The number of fused-ring (bicyclic) bond motifs is 3. The van der Waals surface area contributed by atoms with E-state index in [9.17, 15) is 9.18 Å². The number of nitrogens with zero attached hydrogens (tertiary/aromatic N) is 4. The molecule has 0 radical (unpaired) electrons. The number of carbonyl (C=O) groups excluding carboxylic acids is 1. The van der Waals surface area contributed by atoms with E-state index in [1.807, 2.05) is 34.0 Å². The van der Waals surface area contributed by atoms with Crippen LogP contribution in [0.5, 0.6) is 0 Å². The Labute approximate surface area is 172 Å². The number of thioether (sulfide) groups is 1. The number of aromatic nitrogens is 5. The van der Waals surface area contributed by atoms with Gasteiger partial charge in [0.25, 0.3) is 0 Å². The van der Waals surface area contributed by atoms with Gasteiger partial charge in [0.05, 0.1) is 22.5 Å². The number of rotatable bonds is 5. The molecule has 5 aromatic rings. The molecule has 0 aliphatic carbocycles. The van der Waals surface area contributed by atoms with Crippen LogP contribution in [-0.4, -0.2) is 36.2 Å². The lowest BCUT2D eigenvalue weighted by atomic mass is 10.2. The third-order valence-electron chi connectivity index (χ3n) is 4.23. The Morgan fingerprint density at radius 1 is 1.17 bits per heavy atom. The Hall–Kier alpha value is -3.24. The summed E-state index contributed by atoms with van der Waals surface area (Å²) in [7, 11) is 0. The van der Waals surface area contributed by atoms with Gasteiger partial charge in [-0.25, -0.2) is 19.5 Å². The molecule has 7 nitrogen and oxygen atoms in total. The average Bonchev–Trinajstić information content (AvgIpc) is 3.42. The first-order chi connectivity index (χ1) is 14.2. The van der Waals surface area contributed by atoms with E-state index in [-0.39, 0.29) is 17.5 Å². The van der Waals surface area contributed by atoms with Crippen molar-refractivity contribution in [1.82, 2.24) is 24.6 Å². The summed E-state index contributed by atoms with van der Waals surface area (Å²) < 4.78 is 14.9. The Morgan fingerprint density at radius 2 is 2.00 bits per heavy atom. The normalized spacial score (nSPS) is 11.3. The van der Waals surface area contributed by atoms with E-state index in [0.717, 1.165) is 16.6 Å². The Balaban J connectivity index is 1.27. The molecule has 0 unspecified atom stereocenters. The third-order valence-corrected chi connectivity index (χ3v) is 5.92. The fraction of sp³-hybridized carbons (Fsp3) is 0.0526. The van der Waals surface area contributed by atoms with E-state index >= 15 is 0 Å². The predicted molar refractivity (Wildman–Crippen MR) is 112 cm³/mol. The highest BCUT2D eigenvalue weighted by atomic mass is 32.2. The Bertz CT molecular complexity index is 1320. The van der Waals surface area contributed by atoms with Gasteiger partial charge in [-0.05, 0) is 36.4 Å². The smallest absolute Gasteiger partial charge is 0.236 e. The first kappa shape index (κ1) is 17.8. The maximum atomic E-state index is 13.1. The second-order valence-electron chi connectivity index (χ2n) is 6.15. The van der Waals surface area contributed by atoms with Crippen molar-refractivity contribution >= 4 is 50.9 Å². The molecule has 0 bridgehead atoms. The number of hydrogen-bond donors (Lipinski definition) is 2. The number of hydrogen-bond acceptors (Lipinski definition) is 6. The van der Waals surface area contributed by atoms with Gasteiger partial charge in [0.15, 0.2) is 10.3 Å². The SMILES string of the molecule is O=C(CSc1n[nH]c2nc3ccccc3n12)Nc1nc(-c2ccc(F)cc2)cs1. The lowest BCUT2D eigenvalue weighted by molar-refractivity contribution is -0.113. The van der Waals surface area contributed by atoms with Crippen molar-refractivity contribution in [1.29, 1.82) is 0 Å². The van der Waals surface area contributed by atoms with Crippen molar-refractivity contribution in [2.75, 3.05) is 11.1 Å². The molecule has 0 saturated heterocycles. The average molecular weight is 424 g/mol. The number of nitrogens with one attached hydrogen (secondary N) is 2. The Morgan fingerprint density at radius 3 is 2.86 bits per heavy atom. The monoisotopic (exact) mass is 424 g/mol. The van der Waals surface area contributed by atoms with Crippen LogP contribution in [0.2, 0.25) is 0 Å². The zero-order valence-electron chi connectivity index (χ0n) is 14.8.